The zero-order chi connectivity index (χ0) is 20.8. The maximum atomic E-state index is 13.8. The minimum atomic E-state index is -0.642. The second-order valence-electron chi connectivity index (χ2n) is 7.14. The molecule has 3 nitrogen and oxygen atoms in total. The molecule has 3 N–H and O–H groups in total. The number of halogens is 2. The van der Waals surface area contributed by atoms with Gasteiger partial charge in [0.1, 0.15) is 11.9 Å². The topological polar surface area (TPSA) is 55.1 Å². The third kappa shape index (κ3) is 5.66. The first-order chi connectivity index (χ1) is 13.9. The van der Waals surface area contributed by atoms with Crippen molar-refractivity contribution in [3.8, 4) is 0 Å². The summed E-state index contributed by atoms with van der Waals surface area (Å²) in [5.74, 6) is -0.703. The molecule has 3 aromatic carbocycles. The third-order valence-corrected chi connectivity index (χ3v) is 5.26. The van der Waals surface area contributed by atoms with Crippen LogP contribution in [0.5, 0.6) is 0 Å². The Bertz CT molecular complexity index is 960. The number of nitrogens with one attached hydrogen (secondary N) is 1. The summed E-state index contributed by atoms with van der Waals surface area (Å²) in [5.41, 5.74) is 9.12. The highest BCUT2D eigenvalue weighted by Gasteiger charge is 2.23. The largest absolute Gasteiger partial charge is 0.368 e. The Balaban J connectivity index is 1.87. The zero-order valence-corrected chi connectivity index (χ0v) is 17.0. The van der Waals surface area contributed by atoms with Gasteiger partial charge >= 0.3 is 0 Å². The molecule has 1 amide bonds. The fraction of sp³-hybridized carbons (Fsp3) is 0.208. The number of carbonyl (C=O) groups excluding carboxylic acids is 1. The van der Waals surface area contributed by atoms with E-state index in [0.717, 1.165) is 23.1 Å². The molecule has 2 atom stereocenters. The molecule has 3 aromatic rings. The molecule has 3 rings (SSSR count). The van der Waals surface area contributed by atoms with E-state index in [2.05, 4.69) is 5.32 Å². The Kier molecular flexibility index (Phi) is 7.02. The van der Waals surface area contributed by atoms with Crippen LogP contribution in [0.1, 0.15) is 40.8 Å². The van der Waals surface area contributed by atoms with Gasteiger partial charge in [0.2, 0.25) is 5.91 Å². The molecule has 0 aliphatic heterocycles. The molecule has 0 radical (unpaired) electrons. The summed E-state index contributed by atoms with van der Waals surface area (Å²) in [5, 5.41) is 4.08. The van der Waals surface area contributed by atoms with Gasteiger partial charge in [0, 0.05) is 11.1 Å². The number of amides is 1. The van der Waals surface area contributed by atoms with Crippen LogP contribution in [0.2, 0.25) is 5.02 Å². The standard InChI is InChI=1S/C24H24ClFN2O/c1-16-15-19(10-13-21(16)26)22(14-9-17-7-11-20(25)12-8-17)28-23(24(27)29)18-5-3-2-4-6-18/h2-8,10-13,15,22-23,28H,9,14H2,1H3,(H2,27,29)/t22-,23+/m1/s1. The van der Waals surface area contributed by atoms with Gasteiger partial charge in [-0.05, 0) is 60.2 Å². The Hall–Kier alpha value is -2.69. The average molecular weight is 411 g/mol. The van der Waals surface area contributed by atoms with Crippen LogP contribution >= 0.6 is 11.6 Å². The van der Waals surface area contributed by atoms with Gasteiger partial charge in [-0.15, -0.1) is 0 Å². The first kappa shape index (κ1) is 21.0. The maximum Gasteiger partial charge on any atom is 0.239 e. The fourth-order valence-electron chi connectivity index (χ4n) is 3.38. The van der Waals surface area contributed by atoms with Gasteiger partial charge in [0.05, 0.1) is 0 Å². The van der Waals surface area contributed by atoms with Gasteiger partial charge < -0.3 is 5.73 Å². The highest BCUT2D eigenvalue weighted by molar-refractivity contribution is 6.30. The Morgan fingerprint density at radius 2 is 1.72 bits per heavy atom. The van der Waals surface area contributed by atoms with Crippen molar-refractivity contribution in [1.82, 2.24) is 5.32 Å². The molecule has 5 heteroatoms. The van der Waals surface area contributed by atoms with E-state index in [1.54, 1.807) is 13.0 Å². The lowest BCUT2D eigenvalue weighted by atomic mass is 9.95. The van der Waals surface area contributed by atoms with E-state index in [1.807, 2.05) is 60.7 Å². The summed E-state index contributed by atoms with van der Waals surface area (Å²) < 4.78 is 13.8. The molecule has 0 aliphatic rings. The second-order valence-corrected chi connectivity index (χ2v) is 7.58. The molecular weight excluding hydrogens is 387 g/mol. The van der Waals surface area contributed by atoms with Crippen molar-refractivity contribution in [2.75, 3.05) is 0 Å². The van der Waals surface area contributed by atoms with Crippen LogP contribution in [-0.4, -0.2) is 5.91 Å². The van der Waals surface area contributed by atoms with E-state index >= 15 is 0 Å². The molecule has 0 unspecified atom stereocenters. The van der Waals surface area contributed by atoms with Gasteiger partial charge in [0.25, 0.3) is 0 Å². The van der Waals surface area contributed by atoms with Gasteiger partial charge in [-0.3, -0.25) is 10.1 Å². The number of primary amides is 1. The molecule has 0 aromatic heterocycles. The minimum absolute atomic E-state index is 0.178. The van der Waals surface area contributed by atoms with E-state index < -0.39 is 11.9 Å². The molecule has 0 saturated heterocycles. The van der Waals surface area contributed by atoms with Crippen molar-refractivity contribution >= 4 is 17.5 Å². The Morgan fingerprint density at radius 1 is 1.03 bits per heavy atom. The quantitative estimate of drug-likeness (QED) is 0.531. The SMILES string of the molecule is Cc1cc([C@@H](CCc2ccc(Cl)cc2)N[C@H](C(N)=O)c2ccccc2)ccc1F. The smallest absolute Gasteiger partial charge is 0.239 e. The lowest BCUT2D eigenvalue weighted by Crippen LogP contribution is -2.36. The first-order valence-electron chi connectivity index (χ1n) is 9.55. The lowest BCUT2D eigenvalue weighted by molar-refractivity contribution is -0.120. The van der Waals surface area contributed by atoms with Crippen molar-refractivity contribution in [3.63, 3.8) is 0 Å². The van der Waals surface area contributed by atoms with Gasteiger partial charge in [-0.1, -0.05) is 66.2 Å². The van der Waals surface area contributed by atoms with Crippen LogP contribution in [0.3, 0.4) is 0 Å². The summed E-state index contributed by atoms with van der Waals surface area (Å²) in [6.07, 6.45) is 1.48. The van der Waals surface area contributed by atoms with Crippen molar-refractivity contribution < 1.29 is 9.18 Å². The fourth-order valence-corrected chi connectivity index (χ4v) is 3.51. The predicted molar refractivity (Wildman–Crippen MR) is 115 cm³/mol. The predicted octanol–water partition coefficient (Wildman–Crippen LogP) is 5.28. The van der Waals surface area contributed by atoms with Crippen LogP contribution in [0.15, 0.2) is 72.8 Å². The molecule has 150 valence electrons. The van der Waals surface area contributed by atoms with Crippen molar-refractivity contribution in [2.24, 2.45) is 5.73 Å². The van der Waals surface area contributed by atoms with Crippen LogP contribution < -0.4 is 11.1 Å². The number of benzene rings is 3. The molecular formula is C24H24ClFN2O. The van der Waals surface area contributed by atoms with Crippen LogP contribution in [0.4, 0.5) is 4.39 Å². The van der Waals surface area contributed by atoms with Gasteiger partial charge in [0.15, 0.2) is 0 Å². The van der Waals surface area contributed by atoms with Crippen molar-refractivity contribution in [1.29, 1.82) is 0 Å². The number of carbonyl (C=O) groups is 1. The van der Waals surface area contributed by atoms with E-state index in [4.69, 9.17) is 17.3 Å². The van der Waals surface area contributed by atoms with Crippen LogP contribution in [0, 0.1) is 12.7 Å². The second kappa shape index (κ2) is 9.68. The van der Waals surface area contributed by atoms with E-state index in [0.29, 0.717) is 17.0 Å². The summed E-state index contributed by atoms with van der Waals surface area (Å²) in [6.45, 7) is 1.73. The monoisotopic (exact) mass is 410 g/mol. The number of aryl methyl sites for hydroxylation is 2. The van der Waals surface area contributed by atoms with E-state index in [1.165, 1.54) is 6.07 Å². The van der Waals surface area contributed by atoms with Crippen LogP contribution in [-0.2, 0) is 11.2 Å². The molecule has 0 fully saturated rings. The molecule has 0 spiro atoms. The lowest BCUT2D eigenvalue weighted by Gasteiger charge is -2.25. The molecule has 0 bridgehead atoms. The average Bonchev–Trinajstić information content (AvgIpc) is 2.72. The first-order valence-corrected chi connectivity index (χ1v) is 9.92. The number of hydrogen-bond acceptors (Lipinski definition) is 2. The summed E-state index contributed by atoms with van der Waals surface area (Å²) in [7, 11) is 0. The highest BCUT2D eigenvalue weighted by atomic mass is 35.5. The van der Waals surface area contributed by atoms with E-state index in [-0.39, 0.29) is 11.9 Å². The Labute approximate surface area is 175 Å². The maximum absolute atomic E-state index is 13.8. The summed E-state index contributed by atoms with van der Waals surface area (Å²) in [4.78, 5) is 12.2. The Morgan fingerprint density at radius 3 is 2.34 bits per heavy atom. The number of rotatable bonds is 8. The molecule has 29 heavy (non-hydrogen) atoms. The van der Waals surface area contributed by atoms with Crippen molar-refractivity contribution in [2.45, 2.75) is 31.8 Å². The molecule has 0 saturated carbocycles. The number of nitrogens with two attached hydrogens (primary N) is 1. The van der Waals surface area contributed by atoms with Gasteiger partial charge in [-0.25, -0.2) is 4.39 Å². The van der Waals surface area contributed by atoms with Crippen molar-refractivity contribution in [3.05, 3.63) is 106 Å². The third-order valence-electron chi connectivity index (χ3n) is 5.00. The zero-order valence-electron chi connectivity index (χ0n) is 16.2. The van der Waals surface area contributed by atoms with Gasteiger partial charge in [-0.2, -0.15) is 0 Å². The minimum Gasteiger partial charge on any atom is -0.368 e. The normalized spacial score (nSPS) is 13.1. The number of hydrogen-bond donors (Lipinski definition) is 2. The van der Waals surface area contributed by atoms with Crippen LogP contribution in [0.25, 0.3) is 0 Å². The molecule has 0 aliphatic carbocycles. The molecule has 0 heterocycles. The van der Waals surface area contributed by atoms with E-state index in [9.17, 15) is 9.18 Å². The summed E-state index contributed by atoms with van der Waals surface area (Å²) in [6, 6.07) is 21.3. The highest BCUT2D eigenvalue weighted by Crippen LogP contribution is 2.26. The summed E-state index contributed by atoms with van der Waals surface area (Å²) >= 11 is 5.97.